The van der Waals surface area contributed by atoms with Gasteiger partial charge >= 0.3 is 0 Å². The van der Waals surface area contributed by atoms with Crippen molar-refractivity contribution < 1.29 is 8.78 Å². The molecule has 0 aliphatic heterocycles. The van der Waals surface area contributed by atoms with Crippen LogP contribution in [0.3, 0.4) is 0 Å². The van der Waals surface area contributed by atoms with Crippen molar-refractivity contribution in [1.82, 2.24) is 0 Å². The number of hydrogen-bond donors (Lipinski definition) is 0. The molecule has 0 saturated heterocycles. The van der Waals surface area contributed by atoms with Crippen LogP contribution in [0.15, 0.2) is 30.3 Å². The normalized spacial score (nSPS) is 9.67. The first-order valence-corrected chi connectivity index (χ1v) is 3.83. The van der Waals surface area contributed by atoms with Crippen LogP contribution in [0.25, 0.3) is 5.03 Å². The summed E-state index contributed by atoms with van der Waals surface area (Å²) in [7, 11) is 0. The predicted octanol–water partition coefficient (Wildman–Crippen LogP) is 4.14. The number of halogens is 4. The van der Waals surface area contributed by atoms with Crippen LogP contribution in [0, 0.1) is 0 Å². The third-order valence-electron chi connectivity index (χ3n) is 1.24. The van der Waals surface area contributed by atoms with Gasteiger partial charge in [-0.25, -0.2) is 0 Å². The van der Waals surface area contributed by atoms with Crippen LogP contribution in [0.4, 0.5) is 8.78 Å². The summed E-state index contributed by atoms with van der Waals surface area (Å²) in [6.07, 6.45) is -1.90. The zero-order valence-corrected chi connectivity index (χ0v) is 7.33. The molecule has 1 aromatic rings. The first-order valence-electron chi connectivity index (χ1n) is 3.08. The molecule has 12 heavy (non-hydrogen) atoms. The van der Waals surface area contributed by atoms with Crippen LogP contribution < -0.4 is 0 Å². The summed E-state index contributed by atoms with van der Waals surface area (Å²) in [5, 5.41) is -0.176. The lowest BCUT2D eigenvalue weighted by atomic mass is 10.2. The molecule has 0 N–H and O–H groups in total. The van der Waals surface area contributed by atoms with Crippen LogP contribution >= 0.6 is 23.2 Å². The largest absolute Gasteiger partial charge is 0.289 e. The van der Waals surface area contributed by atoms with Gasteiger partial charge in [-0.2, -0.15) is 8.78 Å². The molecule has 0 heterocycles. The summed E-state index contributed by atoms with van der Waals surface area (Å²) in [5.41, 5.74) is 0.226. The van der Waals surface area contributed by atoms with Gasteiger partial charge in [0, 0.05) is 5.02 Å². The van der Waals surface area contributed by atoms with Gasteiger partial charge in [0.2, 0.25) is 0 Å². The Hall–Kier alpha value is -0.600. The Morgan fingerprint density at radius 3 is 2.42 bits per heavy atom. The second kappa shape index (κ2) is 3.87. The molecule has 0 spiro atoms. The fraction of sp³-hybridized carbons (Fsp3) is 0. The van der Waals surface area contributed by atoms with Crippen molar-refractivity contribution in [3.8, 4) is 0 Å². The smallest absolute Gasteiger partial charge is 0.172 e. The van der Waals surface area contributed by atoms with Crippen molar-refractivity contribution in [2.24, 2.45) is 0 Å². The predicted molar refractivity (Wildman–Crippen MR) is 46.4 cm³/mol. The number of rotatable bonds is 1. The lowest BCUT2D eigenvalue weighted by Gasteiger charge is -1.97. The fourth-order valence-electron chi connectivity index (χ4n) is 0.734. The summed E-state index contributed by atoms with van der Waals surface area (Å²) in [4.78, 5) is 0. The van der Waals surface area contributed by atoms with E-state index in [1.54, 1.807) is 12.1 Å². The van der Waals surface area contributed by atoms with Crippen molar-refractivity contribution in [3.63, 3.8) is 0 Å². The summed E-state index contributed by atoms with van der Waals surface area (Å²) in [6, 6.07) is 5.99. The standard InChI is InChI=1S/C8H4Cl2F2/c9-6-3-1-2-5(4-6)7(10)8(11)12/h1-4H. The average molecular weight is 209 g/mol. The molecule has 0 atom stereocenters. The van der Waals surface area contributed by atoms with Crippen LogP contribution in [0.5, 0.6) is 0 Å². The molecular formula is C8H4Cl2F2. The summed E-state index contributed by atoms with van der Waals surface area (Å²) < 4.78 is 23.9. The van der Waals surface area contributed by atoms with E-state index < -0.39 is 11.1 Å². The lowest BCUT2D eigenvalue weighted by Crippen LogP contribution is -1.77. The molecule has 4 heteroatoms. The molecule has 0 aliphatic rings. The minimum absolute atomic E-state index is 0.226. The zero-order chi connectivity index (χ0) is 9.14. The Bertz CT molecular complexity index is 317. The van der Waals surface area contributed by atoms with Gasteiger partial charge in [0.25, 0.3) is 6.08 Å². The van der Waals surface area contributed by atoms with Gasteiger partial charge in [0.15, 0.2) is 0 Å². The molecule has 0 nitrogen and oxygen atoms in total. The van der Waals surface area contributed by atoms with Gasteiger partial charge in [-0.1, -0.05) is 35.3 Å². The van der Waals surface area contributed by atoms with Crippen molar-refractivity contribution in [3.05, 3.63) is 40.9 Å². The van der Waals surface area contributed by atoms with E-state index in [4.69, 9.17) is 23.2 Å². The molecule has 0 amide bonds. The van der Waals surface area contributed by atoms with Crippen molar-refractivity contribution in [1.29, 1.82) is 0 Å². The van der Waals surface area contributed by atoms with Crippen molar-refractivity contribution >= 4 is 28.2 Å². The minimum Gasteiger partial charge on any atom is -0.172 e. The Morgan fingerprint density at radius 2 is 1.92 bits per heavy atom. The molecule has 0 fully saturated rings. The number of hydrogen-bond acceptors (Lipinski definition) is 0. The maximum Gasteiger partial charge on any atom is 0.289 e. The van der Waals surface area contributed by atoms with Gasteiger partial charge in [-0.05, 0) is 17.7 Å². The monoisotopic (exact) mass is 208 g/mol. The first kappa shape index (κ1) is 9.49. The maximum atomic E-state index is 12.0. The molecule has 0 aromatic heterocycles. The van der Waals surface area contributed by atoms with Crippen LogP contribution in [0.1, 0.15) is 5.56 Å². The SMILES string of the molecule is FC(F)=C(Cl)c1cccc(Cl)c1. The molecule has 0 radical (unpaired) electrons. The molecule has 0 aliphatic carbocycles. The van der Waals surface area contributed by atoms with Crippen LogP contribution in [-0.2, 0) is 0 Å². The molecular weight excluding hydrogens is 205 g/mol. The highest BCUT2D eigenvalue weighted by molar-refractivity contribution is 6.49. The Labute approximate surface area is 78.4 Å². The second-order valence-electron chi connectivity index (χ2n) is 2.08. The van der Waals surface area contributed by atoms with Crippen LogP contribution in [-0.4, -0.2) is 0 Å². The molecule has 64 valence electrons. The molecule has 0 unspecified atom stereocenters. The second-order valence-corrected chi connectivity index (χ2v) is 2.90. The topological polar surface area (TPSA) is 0 Å². The molecule has 0 bridgehead atoms. The van der Waals surface area contributed by atoms with Crippen molar-refractivity contribution in [2.75, 3.05) is 0 Å². The van der Waals surface area contributed by atoms with E-state index >= 15 is 0 Å². The van der Waals surface area contributed by atoms with Gasteiger partial charge in [-0.15, -0.1) is 0 Å². The highest BCUT2D eigenvalue weighted by Gasteiger charge is 2.05. The van der Waals surface area contributed by atoms with Crippen LogP contribution in [0.2, 0.25) is 5.02 Å². The average Bonchev–Trinajstić information content (AvgIpc) is 2.03. The highest BCUT2D eigenvalue weighted by Crippen LogP contribution is 2.26. The lowest BCUT2D eigenvalue weighted by molar-refractivity contribution is 0.428. The summed E-state index contributed by atoms with van der Waals surface area (Å²) in [6.45, 7) is 0. The van der Waals surface area contributed by atoms with Crippen molar-refractivity contribution in [2.45, 2.75) is 0 Å². The van der Waals surface area contributed by atoms with E-state index in [0.29, 0.717) is 5.02 Å². The Balaban J connectivity index is 3.13. The molecule has 1 rings (SSSR count). The Morgan fingerprint density at radius 1 is 1.25 bits per heavy atom. The van der Waals surface area contributed by atoms with E-state index in [0.717, 1.165) is 0 Å². The Kier molecular flexibility index (Phi) is 3.06. The third-order valence-corrected chi connectivity index (χ3v) is 1.84. The van der Waals surface area contributed by atoms with Gasteiger partial charge in [0.1, 0.15) is 5.03 Å². The van der Waals surface area contributed by atoms with E-state index in [2.05, 4.69) is 0 Å². The van der Waals surface area contributed by atoms with E-state index in [9.17, 15) is 8.78 Å². The fourth-order valence-corrected chi connectivity index (χ4v) is 1.04. The van der Waals surface area contributed by atoms with E-state index in [1.165, 1.54) is 12.1 Å². The van der Waals surface area contributed by atoms with Gasteiger partial charge < -0.3 is 0 Å². The highest BCUT2D eigenvalue weighted by atomic mass is 35.5. The summed E-state index contributed by atoms with van der Waals surface area (Å²) in [5.74, 6) is 0. The van der Waals surface area contributed by atoms with Gasteiger partial charge in [-0.3, -0.25) is 0 Å². The van der Waals surface area contributed by atoms with E-state index in [1.807, 2.05) is 0 Å². The quantitative estimate of drug-likeness (QED) is 0.651. The zero-order valence-electron chi connectivity index (χ0n) is 5.82. The van der Waals surface area contributed by atoms with Gasteiger partial charge in [0.05, 0.1) is 0 Å². The molecule has 1 aromatic carbocycles. The first-order chi connectivity index (χ1) is 5.61. The molecule has 0 saturated carbocycles. The third kappa shape index (κ3) is 2.19. The summed E-state index contributed by atoms with van der Waals surface area (Å²) >= 11 is 10.9. The minimum atomic E-state index is -1.90. The maximum absolute atomic E-state index is 12.0. The van der Waals surface area contributed by atoms with E-state index in [-0.39, 0.29) is 5.56 Å². The number of benzene rings is 1.